The van der Waals surface area contributed by atoms with Gasteiger partial charge in [0.1, 0.15) is 0 Å². The topological polar surface area (TPSA) is 12.0 Å². The summed E-state index contributed by atoms with van der Waals surface area (Å²) in [5, 5.41) is 3.97. The Balaban J connectivity index is 1.71. The van der Waals surface area contributed by atoms with E-state index in [0.717, 1.165) is 17.9 Å². The fourth-order valence-corrected chi connectivity index (χ4v) is 4.95. The molecule has 1 aliphatic carbocycles. The van der Waals surface area contributed by atoms with Gasteiger partial charge in [-0.05, 0) is 35.8 Å². The van der Waals surface area contributed by atoms with Crippen LogP contribution in [0.15, 0.2) is 24.3 Å². The molecule has 1 aliphatic heterocycles. The summed E-state index contributed by atoms with van der Waals surface area (Å²) in [7, 11) is 0. The van der Waals surface area contributed by atoms with Gasteiger partial charge in [0.25, 0.3) is 0 Å². The van der Waals surface area contributed by atoms with E-state index in [0.29, 0.717) is 6.04 Å². The molecule has 1 heterocycles. The Bertz CT molecular complexity index is 431. The number of benzene rings is 1. The van der Waals surface area contributed by atoms with Crippen LogP contribution in [0.2, 0.25) is 0 Å². The summed E-state index contributed by atoms with van der Waals surface area (Å²) in [6.07, 6.45) is 4.12. The second kappa shape index (κ2) is 5.88. The number of hydrogen-bond acceptors (Lipinski definition) is 2. The number of hydrogen-bond donors (Lipinski definition) is 1. The van der Waals surface area contributed by atoms with Crippen LogP contribution in [0.5, 0.6) is 0 Å². The molecule has 3 rings (SSSR count). The largest absolute Gasteiger partial charge is 0.306 e. The van der Waals surface area contributed by atoms with Crippen molar-refractivity contribution in [2.75, 3.05) is 5.75 Å². The Labute approximate surface area is 121 Å². The Morgan fingerprint density at radius 2 is 2.11 bits per heavy atom. The quantitative estimate of drug-likeness (QED) is 0.878. The van der Waals surface area contributed by atoms with Gasteiger partial charge in [0.2, 0.25) is 0 Å². The van der Waals surface area contributed by atoms with Gasteiger partial charge in [-0.15, -0.1) is 0 Å². The number of nitrogens with one attached hydrogen (secondary N) is 1. The lowest BCUT2D eigenvalue weighted by molar-refractivity contribution is 0.328. The molecule has 104 valence electrons. The van der Waals surface area contributed by atoms with Gasteiger partial charge in [-0.2, -0.15) is 11.8 Å². The van der Waals surface area contributed by atoms with E-state index in [1.54, 1.807) is 5.56 Å². The summed E-state index contributed by atoms with van der Waals surface area (Å²) in [5.74, 6) is 4.19. The molecule has 4 atom stereocenters. The van der Waals surface area contributed by atoms with Crippen LogP contribution in [-0.2, 0) is 5.75 Å². The van der Waals surface area contributed by atoms with Crippen LogP contribution >= 0.6 is 11.8 Å². The lowest BCUT2D eigenvalue weighted by Crippen LogP contribution is -2.38. The van der Waals surface area contributed by atoms with Gasteiger partial charge >= 0.3 is 0 Å². The zero-order valence-electron chi connectivity index (χ0n) is 12.1. The maximum Gasteiger partial charge on any atom is 0.0417 e. The van der Waals surface area contributed by atoms with Crippen LogP contribution < -0.4 is 5.32 Å². The summed E-state index contributed by atoms with van der Waals surface area (Å²) in [5.41, 5.74) is 3.09. The van der Waals surface area contributed by atoms with E-state index >= 15 is 0 Å². The summed E-state index contributed by atoms with van der Waals surface area (Å²) >= 11 is 2.07. The van der Waals surface area contributed by atoms with E-state index in [-0.39, 0.29) is 0 Å². The molecule has 0 radical (unpaired) electrons. The van der Waals surface area contributed by atoms with Crippen molar-refractivity contribution in [3.8, 4) is 0 Å². The zero-order chi connectivity index (χ0) is 13.2. The van der Waals surface area contributed by atoms with Gasteiger partial charge in [0.05, 0.1) is 0 Å². The predicted octanol–water partition coefficient (Wildman–Crippen LogP) is 4.39. The molecule has 1 aromatic carbocycles. The highest BCUT2D eigenvalue weighted by Gasteiger charge is 2.33. The molecule has 1 aromatic rings. The molecule has 4 unspecified atom stereocenters. The van der Waals surface area contributed by atoms with Crippen LogP contribution in [0.1, 0.15) is 50.3 Å². The van der Waals surface area contributed by atoms with E-state index < -0.39 is 0 Å². The highest BCUT2D eigenvalue weighted by molar-refractivity contribution is 7.98. The van der Waals surface area contributed by atoms with Gasteiger partial charge in [0, 0.05) is 23.6 Å². The average molecular weight is 275 g/mol. The van der Waals surface area contributed by atoms with Crippen LogP contribution in [0, 0.1) is 11.8 Å². The predicted molar refractivity (Wildman–Crippen MR) is 84.4 cm³/mol. The summed E-state index contributed by atoms with van der Waals surface area (Å²) < 4.78 is 0. The van der Waals surface area contributed by atoms with Crippen molar-refractivity contribution in [3.63, 3.8) is 0 Å². The van der Waals surface area contributed by atoms with Gasteiger partial charge in [-0.25, -0.2) is 0 Å². The minimum Gasteiger partial charge on any atom is -0.306 e. The first-order valence-corrected chi connectivity index (χ1v) is 8.86. The molecule has 1 nitrogen and oxygen atoms in total. The molecule has 0 bridgehead atoms. The monoisotopic (exact) mass is 275 g/mol. The van der Waals surface area contributed by atoms with E-state index in [9.17, 15) is 0 Å². The number of fused-ring (bicyclic) bond motifs is 1. The Hall–Kier alpha value is -0.470. The van der Waals surface area contributed by atoms with Crippen LogP contribution in [0.25, 0.3) is 0 Å². The first kappa shape index (κ1) is 13.5. The lowest BCUT2D eigenvalue weighted by Gasteiger charge is -2.31. The lowest BCUT2D eigenvalue weighted by atomic mass is 9.92. The fraction of sp³-hybridized carbons (Fsp3) is 0.647. The zero-order valence-corrected chi connectivity index (χ0v) is 12.9. The third-order valence-electron chi connectivity index (χ3n) is 5.14. The Kier molecular flexibility index (Phi) is 4.18. The first-order valence-electron chi connectivity index (χ1n) is 7.71. The number of thioether (sulfide) groups is 1. The normalized spacial score (nSPS) is 34.2. The molecule has 0 aromatic heterocycles. The summed E-state index contributed by atoms with van der Waals surface area (Å²) in [6.45, 7) is 4.79. The molecule has 1 N–H and O–H groups in total. The molecule has 19 heavy (non-hydrogen) atoms. The van der Waals surface area contributed by atoms with Gasteiger partial charge < -0.3 is 5.32 Å². The molecule has 1 saturated carbocycles. The van der Waals surface area contributed by atoms with E-state index in [4.69, 9.17) is 0 Å². The Morgan fingerprint density at radius 3 is 2.89 bits per heavy atom. The minimum absolute atomic E-state index is 0.568. The highest BCUT2D eigenvalue weighted by atomic mass is 32.2. The van der Waals surface area contributed by atoms with Crippen molar-refractivity contribution in [1.29, 1.82) is 0 Å². The third kappa shape index (κ3) is 2.71. The molecular formula is C17H25NS. The van der Waals surface area contributed by atoms with Gasteiger partial charge in [-0.3, -0.25) is 0 Å². The number of rotatable bonds is 3. The van der Waals surface area contributed by atoms with E-state index in [1.807, 2.05) is 0 Å². The minimum atomic E-state index is 0.568. The van der Waals surface area contributed by atoms with E-state index in [1.165, 1.54) is 36.3 Å². The maximum atomic E-state index is 3.97. The molecule has 1 fully saturated rings. The summed E-state index contributed by atoms with van der Waals surface area (Å²) in [4.78, 5) is 0. The molecule has 0 amide bonds. The Morgan fingerprint density at radius 1 is 1.26 bits per heavy atom. The van der Waals surface area contributed by atoms with Crippen LogP contribution in [0.4, 0.5) is 0 Å². The summed E-state index contributed by atoms with van der Waals surface area (Å²) in [6, 6.07) is 10.3. The van der Waals surface area contributed by atoms with Crippen molar-refractivity contribution in [1.82, 2.24) is 5.32 Å². The van der Waals surface area contributed by atoms with Gasteiger partial charge in [0.15, 0.2) is 0 Å². The van der Waals surface area contributed by atoms with Gasteiger partial charge in [-0.1, -0.05) is 44.5 Å². The second-order valence-corrected chi connectivity index (χ2v) is 7.17. The van der Waals surface area contributed by atoms with Crippen molar-refractivity contribution in [2.45, 2.75) is 50.9 Å². The van der Waals surface area contributed by atoms with Crippen molar-refractivity contribution < 1.29 is 0 Å². The average Bonchev–Trinajstić information content (AvgIpc) is 2.80. The smallest absolute Gasteiger partial charge is 0.0417 e. The first-order chi connectivity index (χ1) is 9.29. The SMILES string of the molecule is CCC1CCC(NC2CSCc3ccccc32)C1C. The molecule has 0 saturated heterocycles. The van der Waals surface area contributed by atoms with Crippen LogP contribution in [0.3, 0.4) is 0 Å². The molecule has 0 spiro atoms. The second-order valence-electron chi connectivity index (χ2n) is 6.14. The highest BCUT2D eigenvalue weighted by Crippen LogP contribution is 2.37. The fourth-order valence-electron chi connectivity index (χ4n) is 3.84. The van der Waals surface area contributed by atoms with Crippen molar-refractivity contribution in [2.24, 2.45) is 11.8 Å². The molecular weight excluding hydrogens is 250 g/mol. The molecule has 2 heteroatoms. The van der Waals surface area contributed by atoms with Crippen molar-refractivity contribution >= 4 is 11.8 Å². The maximum absolute atomic E-state index is 3.97. The van der Waals surface area contributed by atoms with Crippen LogP contribution in [-0.4, -0.2) is 11.8 Å². The van der Waals surface area contributed by atoms with Crippen molar-refractivity contribution in [3.05, 3.63) is 35.4 Å². The van der Waals surface area contributed by atoms with E-state index in [2.05, 4.69) is 55.2 Å². The third-order valence-corrected chi connectivity index (χ3v) is 6.22. The molecule has 2 aliphatic rings. The standard InChI is InChI=1S/C17H25NS/c1-3-13-8-9-16(12(13)2)18-17-11-19-10-14-6-4-5-7-15(14)17/h4-7,12-13,16-18H,3,8-11H2,1-2H3.